The Morgan fingerprint density at radius 2 is 1.80 bits per heavy atom. The Hall–Kier alpha value is -3.47. The van der Waals surface area contributed by atoms with Crippen molar-refractivity contribution in [3.8, 4) is 5.75 Å². The van der Waals surface area contributed by atoms with Crippen LogP contribution in [0, 0.1) is 0 Å². The van der Waals surface area contributed by atoms with E-state index in [0.717, 1.165) is 27.6 Å². The summed E-state index contributed by atoms with van der Waals surface area (Å²) in [6.07, 6.45) is 1.63. The van der Waals surface area contributed by atoms with E-state index in [4.69, 9.17) is 4.74 Å². The number of ether oxygens (including phenoxy) is 1. The number of fused-ring (bicyclic) bond motifs is 2. The van der Waals surface area contributed by atoms with E-state index in [0.29, 0.717) is 11.5 Å². The summed E-state index contributed by atoms with van der Waals surface area (Å²) in [7, 11) is 1.62. The second-order valence-electron chi connectivity index (χ2n) is 5.60. The molecule has 0 aliphatic carbocycles. The molecule has 0 atom stereocenters. The zero-order chi connectivity index (χ0) is 17.2. The molecule has 25 heavy (non-hydrogen) atoms. The summed E-state index contributed by atoms with van der Waals surface area (Å²) in [5.74, 6) is 0.460. The van der Waals surface area contributed by atoms with Crippen molar-refractivity contribution in [3.05, 3.63) is 71.8 Å². The quantitative estimate of drug-likeness (QED) is 0.589. The number of hydrogen-bond donors (Lipinski definition) is 1. The van der Waals surface area contributed by atoms with Gasteiger partial charge in [-0.05, 0) is 22.9 Å². The van der Waals surface area contributed by atoms with Gasteiger partial charge in [-0.3, -0.25) is 4.79 Å². The van der Waals surface area contributed by atoms with Gasteiger partial charge in [0.05, 0.1) is 19.0 Å². The summed E-state index contributed by atoms with van der Waals surface area (Å²) in [5.41, 5.74) is 2.65. The first kappa shape index (κ1) is 15.1. The first-order chi connectivity index (χ1) is 12.3. The molecule has 0 unspecified atom stereocenters. The molecule has 0 saturated heterocycles. The average molecular weight is 329 g/mol. The molecule has 3 aromatic carbocycles. The van der Waals surface area contributed by atoms with E-state index in [-0.39, 0.29) is 5.91 Å². The van der Waals surface area contributed by atoms with E-state index in [9.17, 15) is 4.79 Å². The third-order valence-electron chi connectivity index (χ3n) is 4.14. The average Bonchev–Trinajstić information content (AvgIpc) is 2.97. The summed E-state index contributed by atoms with van der Waals surface area (Å²) in [4.78, 5) is 12.1. The first-order valence-corrected chi connectivity index (χ1v) is 7.85. The van der Waals surface area contributed by atoms with Crippen molar-refractivity contribution in [2.24, 2.45) is 10.2 Å². The molecule has 1 amide bonds. The van der Waals surface area contributed by atoms with Gasteiger partial charge in [0.15, 0.2) is 5.71 Å². The smallest absolute Gasteiger partial charge is 0.276 e. The lowest BCUT2D eigenvalue weighted by Crippen LogP contribution is -2.13. The number of nitrogens with zero attached hydrogens (tertiary/aromatic N) is 2. The van der Waals surface area contributed by atoms with Gasteiger partial charge in [-0.25, -0.2) is 0 Å². The van der Waals surface area contributed by atoms with Crippen molar-refractivity contribution in [3.63, 3.8) is 0 Å². The molecule has 122 valence electrons. The molecule has 1 aliphatic heterocycles. The number of carbonyl (C=O) groups excluding carboxylic acids is 1. The van der Waals surface area contributed by atoms with Crippen molar-refractivity contribution >= 4 is 34.3 Å². The van der Waals surface area contributed by atoms with Crippen LogP contribution >= 0.6 is 0 Å². The van der Waals surface area contributed by atoms with Crippen molar-refractivity contribution in [2.75, 3.05) is 12.4 Å². The van der Waals surface area contributed by atoms with Crippen LogP contribution in [0.2, 0.25) is 0 Å². The predicted octanol–water partition coefficient (Wildman–Crippen LogP) is 3.62. The second-order valence-corrected chi connectivity index (χ2v) is 5.60. The van der Waals surface area contributed by atoms with E-state index in [1.807, 2.05) is 60.7 Å². The molecule has 0 bridgehead atoms. The number of para-hydroxylation sites is 1. The molecule has 5 heteroatoms. The minimum atomic E-state index is -0.247. The Balaban J connectivity index is 1.76. The minimum absolute atomic E-state index is 0.247. The molecule has 1 aliphatic rings. The van der Waals surface area contributed by atoms with Gasteiger partial charge < -0.3 is 10.1 Å². The Morgan fingerprint density at radius 3 is 2.68 bits per heavy atom. The zero-order valence-corrected chi connectivity index (χ0v) is 13.6. The van der Waals surface area contributed by atoms with Gasteiger partial charge in [-0.2, -0.15) is 5.10 Å². The van der Waals surface area contributed by atoms with E-state index >= 15 is 0 Å². The van der Waals surface area contributed by atoms with Gasteiger partial charge in [-0.1, -0.05) is 48.5 Å². The van der Waals surface area contributed by atoms with Crippen LogP contribution in [-0.4, -0.2) is 24.9 Å². The molecule has 4 rings (SSSR count). The van der Waals surface area contributed by atoms with E-state index in [1.165, 1.54) is 0 Å². The maximum absolute atomic E-state index is 12.1. The number of anilines is 1. The lowest BCUT2D eigenvalue weighted by atomic mass is 10.0. The molecule has 0 spiro atoms. The van der Waals surface area contributed by atoms with Gasteiger partial charge in [0.2, 0.25) is 0 Å². The summed E-state index contributed by atoms with van der Waals surface area (Å²) >= 11 is 0. The third-order valence-corrected chi connectivity index (χ3v) is 4.14. The van der Waals surface area contributed by atoms with Crippen molar-refractivity contribution < 1.29 is 9.53 Å². The van der Waals surface area contributed by atoms with Crippen molar-refractivity contribution in [1.82, 2.24) is 0 Å². The summed E-state index contributed by atoms with van der Waals surface area (Å²) in [5, 5.41) is 13.2. The summed E-state index contributed by atoms with van der Waals surface area (Å²) in [6, 6.07) is 19.3. The number of benzene rings is 3. The monoisotopic (exact) mass is 329 g/mol. The first-order valence-electron chi connectivity index (χ1n) is 7.85. The standard InChI is InChI=1S/C20H15N3O2/c1-25-18-11-10-13-6-2-3-7-14(13)16(18)12-21-23-19-15-8-4-5-9-17(15)22-20(19)24/h2-12H,1H3,(H,22,23,24)/b21-12+. The van der Waals surface area contributed by atoms with Crippen LogP contribution in [0.3, 0.4) is 0 Å². The van der Waals surface area contributed by atoms with Crippen LogP contribution in [0.5, 0.6) is 5.75 Å². The number of carbonyl (C=O) groups is 1. The van der Waals surface area contributed by atoms with Crippen molar-refractivity contribution in [2.45, 2.75) is 0 Å². The predicted molar refractivity (Wildman–Crippen MR) is 99.7 cm³/mol. The normalized spacial score (nSPS) is 14.9. The maximum Gasteiger partial charge on any atom is 0.276 e. The Morgan fingerprint density at radius 1 is 1.00 bits per heavy atom. The lowest BCUT2D eigenvalue weighted by molar-refractivity contribution is -0.110. The van der Waals surface area contributed by atoms with Crippen LogP contribution in [0.1, 0.15) is 11.1 Å². The second kappa shape index (κ2) is 6.20. The van der Waals surface area contributed by atoms with Gasteiger partial charge in [0, 0.05) is 11.1 Å². The Labute approximate surface area is 144 Å². The highest BCUT2D eigenvalue weighted by molar-refractivity contribution is 6.53. The molecule has 5 nitrogen and oxygen atoms in total. The van der Waals surface area contributed by atoms with Crippen LogP contribution < -0.4 is 10.1 Å². The maximum atomic E-state index is 12.1. The zero-order valence-electron chi connectivity index (χ0n) is 13.6. The highest BCUT2D eigenvalue weighted by Crippen LogP contribution is 2.27. The molecule has 0 radical (unpaired) electrons. The van der Waals surface area contributed by atoms with Crippen LogP contribution in [0.4, 0.5) is 5.69 Å². The molecule has 1 N–H and O–H groups in total. The van der Waals surface area contributed by atoms with Crippen LogP contribution in [0.25, 0.3) is 10.8 Å². The Kier molecular flexibility index (Phi) is 3.74. The number of hydrogen-bond acceptors (Lipinski definition) is 4. The van der Waals surface area contributed by atoms with Crippen LogP contribution in [0.15, 0.2) is 70.9 Å². The van der Waals surface area contributed by atoms with E-state index in [2.05, 4.69) is 15.5 Å². The van der Waals surface area contributed by atoms with Crippen LogP contribution in [-0.2, 0) is 4.79 Å². The highest BCUT2D eigenvalue weighted by atomic mass is 16.5. The Bertz CT molecular complexity index is 1040. The fourth-order valence-electron chi connectivity index (χ4n) is 2.93. The molecular weight excluding hydrogens is 314 g/mol. The van der Waals surface area contributed by atoms with Gasteiger partial charge in [-0.15, -0.1) is 5.10 Å². The number of rotatable bonds is 3. The lowest BCUT2D eigenvalue weighted by Gasteiger charge is -2.07. The van der Waals surface area contributed by atoms with E-state index < -0.39 is 0 Å². The molecule has 0 saturated carbocycles. The van der Waals surface area contributed by atoms with Gasteiger partial charge >= 0.3 is 0 Å². The molecule has 0 aromatic heterocycles. The van der Waals surface area contributed by atoms with Gasteiger partial charge in [0.1, 0.15) is 5.75 Å². The van der Waals surface area contributed by atoms with Gasteiger partial charge in [0.25, 0.3) is 5.91 Å². The fourth-order valence-corrected chi connectivity index (χ4v) is 2.93. The fraction of sp³-hybridized carbons (Fsp3) is 0.0500. The third kappa shape index (κ3) is 2.65. The van der Waals surface area contributed by atoms with E-state index in [1.54, 1.807) is 13.3 Å². The molecular formula is C20H15N3O2. The molecule has 1 heterocycles. The minimum Gasteiger partial charge on any atom is -0.496 e. The summed E-state index contributed by atoms with van der Waals surface area (Å²) in [6.45, 7) is 0. The number of methoxy groups -OCH3 is 1. The largest absolute Gasteiger partial charge is 0.496 e. The van der Waals surface area contributed by atoms with Crippen molar-refractivity contribution in [1.29, 1.82) is 0 Å². The molecule has 3 aromatic rings. The highest BCUT2D eigenvalue weighted by Gasteiger charge is 2.25. The SMILES string of the molecule is COc1ccc2ccccc2c1/C=N/N=C1\C(=O)Nc2ccccc21. The number of amides is 1. The summed E-state index contributed by atoms with van der Waals surface area (Å²) < 4.78 is 5.43. The molecule has 0 fully saturated rings. The number of nitrogens with one attached hydrogen (secondary N) is 1. The topological polar surface area (TPSA) is 63.1 Å².